The van der Waals surface area contributed by atoms with Crippen molar-refractivity contribution in [1.82, 2.24) is 15.1 Å². The number of aromatic hydroxyl groups is 1. The number of fused-ring (bicyclic) bond motifs is 1. The van der Waals surface area contributed by atoms with Gasteiger partial charge in [-0.3, -0.25) is 4.68 Å². The molecule has 0 spiro atoms. The fraction of sp³-hybridized carbons (Fsp3) is 0.438. The van der Waals surface area contributed by atoms with E-state index in [4.69, 9.17) is 0 Å². The molecule has 0 fully saturated rings. The lowest BCUT2D eigenvalue weighted by molar-refractivity contribution is 0.395. The third kappa shape index (κ3) is 2.65. The van der Waals surface area contributed by atoms with Gasteiger partial charge in [-0.05, 0) is 44.4 Å². The van der Waals surface area contributed by atoms with Gasteiger partial charge in [-0.1, -0.05) is 0 Å². The Morgan fingerprint density at radius 2 is 2.29 bits per heavy atom. The van der Waals surface area contributed by atoms with E-state index in [0.29, 0.717) is 5.56 Å². The highest BCUT2D eigenvalue weighted by molar-refractivity contribution is 5.35. The van der Waals surface area contributed by atoms with Crippen LogP contribution in [0.4, 0.5) is 4.39 Å². The number of hydrogen-bond acceptors (Lipinski definition) is 3. The van der Waals surface area contributed by atoms with E-state index in [1.54, 1.807) is 0 Å². The number of phenolic OH excluding ortho intramolecular Hbond substituents is 1. The summed E-state index contributed by atoms with van der Waals surface area (Å²) in [6, 6.07) is 4.13. The van der Waals surface area contributed by atoms with Crippen LogP contribution in [0, 0.1) is 5.82 Å². The lowest BCUT2D eigenvalue weighted by atomic mass is 9.92. The van der Waals surface area contributed by atoms with Crippen molar-refractivity contribution in [2.75, 3.05) is 0 Å². The van der Waals surface area contributed by atoms with Crippen LogP contribution in [0.15, 0.2) is 24.4 Å². The maximum Gasteiger partial charge on any atom is 0.123 e. The van der Waals surface area contributed by atoms with Gasteiger partial charge in [0.25, 0.3) is 0 Å². The first kappa shape index (κ1) is 14.1. The molecule has 3 rings (SSSR count). The van der Waals surface area contributed by atoms with Gasteiger partial charge in [0.2, 0.25) is 0 Å². The van der Waals surface area contributed by atoms with Gasteiger partial charge < -0.3 is 10.4 Å². The van der Waals surface area contributed by atoms with Crippen LogP contribution in [-0.2, 0) is 13.5 Å². The van der Waals surface area contributed by atoms with E-state index >= 15 is 0 Å². The number of hydrogen-bond donors (Lipinski definition) is 2. The van der Waals surface area contributed by atoms with Gasteiger partial charge in [0.05, 0.1) is 6.20 Å². The van der Waals surface area contributed by atoms with E-state index in [1.165, 1.54) is 29.5 Å². The van der Waals surface area contributed by atoms with Crippen LogP contribution in [0.5, 0.6) is 5.75 Å². The first-order valence-corrected chi connectivity index (χ1v) is 7.31. The van der Waals surface area contributed by atoms with Crippen molar-refractivity contribution in [3.8, 4) is 5.75 Å². The number of halogens is 1. The van der Waals surface area contributed by atoms with Crippen LogP contribution in [0.1, 0.15) is 48.7 Å². The van der Waals surface area contributed by atoms with Gasteiger partial charge in [0.15, 0.2) is 0 Å². The normalized spacial score (nSPS) is 19.3. The first-order valence-electron chi connectivity index (χ1n) is 7.31. The number of aromatic nitrogens is 2. The second-order valence-corrected chi connectivity index (χ2v) is 5.71. The Kier molecular flexibility index (Phi) is 3.68. The molecule has 5 heteroatoms. The van der Waals surface area contributed by atoms with Gasteiger partial charge in [0.1, 0.15) is 11.6 Å². The van der Waals surface area contributed by atoms with Crippen molar-refractivity contribution in [3.63, 3.8) is 0 Å². The molecule has 112 valence electrons. The minimum Gasteiger partial charge on any atom is -0.508 e. The Morgan fingerprint density at radius 3 is 3.10 bits per heavy atom. The number of aryl methyl sites for hydroxylation is 1. The van der Waals surface area contributed by atoms with Crippen LogP contribution in [0.3, 0.4) is 0 Å². The predicted octanol–water partition coefficient (Wildman–Crippen LogP) is 2.99. The smallest absolute Gasteiger partial charge is 0.123 e. The highest BCUT2D eigenvalue weighted by Crippen LogP contribution is 2.33. The lowest BCUT2D eigenvalue weighted by Gasteiger charge is -2.27. The van der Waals surface area contributed by atoms with Crippen LogP contribution in [0.25, 0.3) is 0 Å². The summed E-state index contributed by atoms with van der Waals surface area (Å²) in [5, 5.41) is 17.7. The molecule has 2 N–H and O–H groups in total. The van der Waals surface area contributed by atoms with Crippen LogP contribution < -0.4 is 5.32 Å². The number of phenols is 1. The largest absolute Gasteiger partial charge is 0.508 e. The molecule has 1 aromatic heterocycles. The molecule has 0 saturated carbocycles. The average molecular weight is 289 g/mol. The zero-order valence-corrected chi connectivity index (χ0v) is 12.3. The second-order valence-electron chi connectivity index (χ2n) is 5.71. The summed E-state index contributed by atoms with van der Waals surface area (Å²) in [4.78, 5) is 0. The first-order chi connectivity index (χ1) is 10.1. The third-order valence-corrected chi connectivity index (χ3v) is 4.28. The zero-order valence-electron chi connectivity index (χ0n) is 12.3. The van der Waals surface area contributed by atoms with E-state index in [-0.39, 0.29) is 23.7 Å². The maximum atomic E-state index is 13.4. The van der Waals surface area contributed by atoms with Gasteiger partial charge in [0, 0.05) is 36.0 Å². The molecule has 0 bridgehead atoms. The van der Waals surface area contributed by atoms with Crippen molar-refractivity contribution >= 4 is 0 Å². The van der Waals surface area contributed by atoms with Crippen molar-refractivity contribution in [3.05, 3.63) is 47.0 Å². The van der Waals surface area contributed by atoms with Gasteiger partial charge in [-0.2, -0.15) is 5.10 Å². The Balaban J connectivity index is 1.82. The summed E-state index contributed by atoms with van der Waals surface area (Å²) < 4.78 is 15.3. The minimum absolute atomic E-state index is 0.124. The predicted molar refractivity (Wildman–Crippen MR) is 78.5 cm³/mol. The molecule has 4 nitrogen and oxygen atoms in total. The summed E-state index contributed by atoms with van der Waals surface area (Å²) in [6.07, 6.45) is 5.08. The Bertz CT molecular complexity index is 653. The average Bonchev–Trinajstić information content (AvgIpc) is 2.84. The third-order valence-electron chi connectivity index (χ3n) is 4.28. The molecule has 2 atom stereocenters. The highest BCUT2D eigenvalue weighted by Gasteiger charge is 2.25. The summed E-state index contributed by atoms with van der Waals surface area (Å²) in [7, 11) is 1.96. The minimum atomic E-state index is -0.331. The molecule has 1 aliphatic rings. The Morgan fingerprint density at radius 1 is 1.48 bits per heavy atom. The standard InChI is InChI=1S/C16H20FN3O/c1-10(12-8-11(17)6-7-16(12)21)19-14-4-3-5-15-13(14)9-18-20(15)2/h6-10,14,19,21H,3-5H2,1-2H3. The molecular weight excluding hydrogens is 269 g/mol. The lowest BCUT2D eigenvalue weighted by Crippen LogP contribution is -2.27. The van der Waals surface area contributed by atoms with Gasteiger partial charge >= 0.3 is 0 Å². The summed E-state index contributed by atoms with van der Waals surface area (Å²) in [5.74, 6) is -0.208. The molecule has 0 aliphatic heterocycles. The topological polar surface area (TPSA) is 50.1 Å². The van der Waals surface area contributed by atoms with Gasteiger partial charge in [-0.25, -0.2) is 4.39 Å². The molecule has 1 aliphatic carbocycles. The molecule has 1 heterocycles. The number of rotatable bonds is 3. The van der Waals surface area contributed by atoms with Crippen molar-refractivity contribution < 1.29 is 9.50 Å². The summed E-state index contributed by atoms with van der Waals surface area (Å²) in [6.45, 7) is 1.94. The molecular formula is C16H20FN3O. The fourth-order valence-electron chi connectivity index (χ4n) is 3.14. The number of nitrogens with zero attached hydrogens (tertiary/aromatic N) is 2. The molecule has 0 amide bonds. The quantitative estimate of drug-likeness (QED) is 0.913. The van der Waals surface area contributed by atoms with Crippen LogP contribution in [0.2, 0.25) is 0 Å². The second kappa shape index (κ2) is 5.48. The van der Waals surface area contributed by atoms with Crippen molar-refractivity contribution in [2.24, 2.45) is 7.05 Å². The van der Waals surface area contributed by atoms with Gasteiger partial charge in [-0.15, -0.1) is 0 Å². The molecule has 2 aromatic rings. The number of nitrogens with one attached hydrogen (secondary N) is 1. The molecule has 0 radical (unpaired) electrons. The zero-order chi connectivity index (χ0) is 15.0. The molecule has 0 saturated heterocycles. The maximum absolute atomic E-state index is 13.4. The van der Waals surface area contributed by atoms with Crippen LogP contribution >= 0.6 is 0 Å². The number of benzene rings is 1. The summed E-state index contributed by atoms with van der Waals surface area (Å²) >= 11 is 0. The van der Waals surface area contributed by atoms with E-state index in [9.17, 15) is 9.50 Å². The Labute approximate surface area is 123 Å². The molecule has 21 heavy (non-hydrogen) atoms. The van der Waals surface area contributed by atoms with E-state index in [0.717, 1.165) is 19.3 Å². The Hall–Kier alpha value is -1.88. The molecule has 2 unspecified atom stereocenters. The fourth-order valence-corrected chi connectivity index (χ4v) is 3.14. The van der Waals surface area contributed by atoms with Crippen LogP contribution in [-0.4, -0.2) is 14.9 Å². The molecule has 1 aromatic carbocycles. The van der Waals surface area contributed by atoms with E-state index in [2.05, 4.69) is 10.4 Å². The van der Waals surface area contributed by atoms with Crippen molar-refractivity contribution in [2.45, 2.75) is 38.3 Å². The highest BCUT2D eigenvalue weighted by atomic mass is 19.1. The van der Waals surface area contributed by atoms with E-state index in [1.807, 2.05) is 24.9 Å². The SMILES string of the molecule is CC(NC1CCCc2c1cnn2C)c1cc(F)ccc1O. The monoisotopic (exact) mass is 289 g/mol. The van der Waals surface area contributed by atoms with Crippen molar-refractivity contribution in [1.29, 1.82) is 0 Å². The van der Waals surface area contributed by atoms with E-state index < -0.39 is 0 Å². The summed E-state index contributed by atoms with van der Waals surface area (Å²) in [5.41, 5.74) is 3.06.